The van der Waals surface area contributed by atoms with Crippen LogP contribution >= 0.6 is 23.2 Å². The molecule has 6 nitrogen and oxygen atoms in total. The lowest BCUT2D eigenvalue weighted by Gasteiger charge is -2.09. The fourth-order valence-corrected chi connectivity index (χ4v) is 4.53. The number of nitrogens with zero attached hydrogens (tertiary/aromatic N) is 1. The van der Waals surface area contributed by atoms with Gasteiger partial charge >= 0.3 is 6.18 Å². The molecule has 0 saturated heterocycles. The van der Waals surface area contributed by atoms with Crippen LogP contribution in [0.15, 0.2) is 56.8 Å². The van der Waals surface area contributed by atoms with Gasteiger partial charge in [-0.15, -0.1) is 0 Å². The first-order chi connectivity index (χ1) is 14.1. The molecule has 1 heterocycles. The van der Waals surface area contributed by atoms with Crippen molar-refractivity contribution in [3.05, 3.63) is 58.1 Å². The highest BCUT2D eigenvalue weighted by molar-refractivity contribution is 7.91. The molecule has 12 heteroatoms. The summed E-state index contributed by atoms with van der Waals surface area (Å²) in [6, 6.07) is 8.35. The number of nitrogens with one attached hydrogen (secondary N) is 1. The number of alkyl halides is 3. The van der Waals surface area contributed by atoms with Gasteiger partial charge in [-0.2, -0.15) is 18.2 Å². The molecule has 0 unspecified atom stereocenters. The Hall–Kier alpha value is -2.27. The molecule has 162 valence electrons. The summed E-state index contributed by atoms with van der Waals surface area (Å²) < 4.78 is 71.1. The van der Waals surface area contributed by atoms with Crippen molar-refractivity contribution in [1.82, 2.24) is 4.98 Å². The van der Waals surface area contributed by atoms with E-state index < -0.39 is 38.1 Å². The quantitative estimate of drug-likeness (QED) is 0.536. The van der Waals surface area contributed by atoms with Gasteiger partial charge in [-0.05, 0) is 37.4 Å². The van der Waals surface area contributed by atoms with Crippen molar-refractivity contribution in [2.45, 2.75) is 16.1 Å². The van der Waals surface area contributed by atoms with E-state index in [0.717, 1.165) is 18.2 Å². The van der Waals surface area contributed by atoms with Crippen LogP contribution in [0.3, 0.4) is 0 Å². The maximum Gasteiger partial charge on any atom is 0.417 e. The zero-order valence-electron chi connectivity index (χ0n) is 15.6. The Labute approximate surface area is 180 Å². The molecule has 3 N–H and O–H groups in total. The summed E-state index contributed by atoms with van der Waals surface area (Å²) in [6.07, 6.45) is -4.68. The molecule has 0 aliphatic carbocycles. The number of rotatable bonds is 4. The molecule has 30 heavy (non-hydrogen) atoms. The summed E-state index contributed by atoms with van der Waals surface area (Å²) in [4.78, 5) is 3.48. The predicted octanol–water partition coefficient (Wildman–Crippen LogP) is 5.12. The van der Waals surface area contributed by atoms with Crippen molar-refractivity contribution in [2.75, 3.05) is 19.4 Å². The van der Waals surface area contributed by atoms with Gasteiger partial charge in [0.1, 0.15) is 0 Å². The lowest BCUT2D eigenvalue weighted by Crippen LogP contribution is -2.07. The van der Waals surface area contributed by atoms with Gasteiger partial charge in [-0.3, -0.25) is 0 Å². The van der Waals surface area contributed by atoms with Crippen LogP contribution < -0.4 is 11.1 Å². The van der Waals surface area contributed by atoms with Crippen LogP contribution in [-0.4, -0.2) is 27.5 Å². The van der Waals surface area contributed by atoms with E-state index in [0.29, 0.717) is 0 Å². The molecule has 3 rings (SSSR count). The third-order valence-electron chi connectivity index (χ3n) is 3.72. The fourth-order valence-electron chi connectivity index (χ4n) is 2.47. The Morgan fingerprint density at radius 2 is 1.73 bits per heavy atom. The first kappa shape index (κ1) is 24.0. The zero-order chi connectivity index (χ0) is 22.7. The van der Waals surface area contributed by atoms with Crippen LogP contribution in [0.4, 0.5) is 19.1 Å². The minimum atomic E-state index is -4.68. The van der Waals surface area contributed by atoms with Crippen molar-refractivity contribution in [1.29, 1.82) is 0 Å². The van der Waals surface area contributed by atoms with Gasteiger partial charge in [0, 0.05) is 17.6 Å². The fraction of sp³-hybridized carbons (Fsp3) is 0.167. The van der Waals surface area contributed by atoms with Crippen LogP contribution in [0.1, 0.15) is 5.56 Å². The van der Waals surface area contributed by atoms with Crippen LogP contribution in [0.5, 0.6) is 0 Å². The third kappa shape index (κ3) is 4.72. The van der Waals surface area contributed by atoms with Gasteiger partial charge in [0.25, 0.3) is 0 Å². The van der Waals surface area contributed by atoms with Crippen molar-refractivity contribution in [3.63, 3.8) is 0 Å². The van der Waals surface area contributed by atoms with Crippen molar-refractivity contribution >= 4 is 38.9 Å². The topological polar surface area (TPSA) is 98.2 Å². The molecule has 0 atom stereocenters. The number of halogens is 5. The highest BCUT2D eigenvalue weighted by Gasteiger charge is 2.36. The van der Waals surface area contributed by atoms with E-state index >= 15 is 0 Å². The van der Waals surface area contributed by atoms with Gasteiger partial charge in [0.15, 0.2) is 0 Å². The standard InChI is InChI=1S/C17H11Cl2F3N2O3S.CH5N/c1-23-15-16(28(25,26)13-8-9(18)6-7-12(13)19)24-14(27-15)10-4-2-3-5-11(10)17(20,21)22;1-2/h2-8,23H,1H3;2H2,1H3. The number of nitrogens with two attached hydrogens (primary N) is 1. The van der Waals surface area contributed by atoms with Crippen LogP contribution in [0.2, 0.25) is 10.0 Å². The number of benzene rings is 2. The summed E-state index contributed by atoms with van der Waals surface area (Å²) in [5.41, 5.74) is 3.09. The second-order valence-corrected chi connectivity index (χ2v) is 8.20. The Bertz CT molecular complexity index is 1150. The van der Waals surface area contributed by atoms with Crippen LogP contribution in [0.25, 0.3) is 11.5 Å². The highest BCUT2D eigenvalue weighted by Crippen LogP contribution is 2.40. The molecule has 0 saturated carbocycles. The zero-order valence-corrected chi connectivity index (χ0v) is 17.9. The predicted molar refractivity (Wildman–Crippen MR) is 109 cm³/mol. The van der Waals surface area contributed by atoms with E-state index in [4.69, 9.17) is 27.6 Å². The Balaban J connectivity index is 0.00000155. The molecule has 3 aromatic rings. The lowest BCUT2D eigenvalue weighted by atomic mass is 10.1. The Kier molecular flexibility index (Phi) is 7.40. The van der Waals surface area contributed by atoms with Crippen molar-refractivity contribution in [2.24, 2.45) is 5.73 Å². The van der Waals surface area contributed by atoms with Gasteiger partial charge in [-0.25, -0.2) is 8.42 Å². The van der Waals surface area contributed by atoms with Gasteiger partial charge < -0.3 is 15.5 Å². The van der Waals surface area contributed by atoms with E-state index in [1.165, 1.54) is 38.4 Å². The summed E-state index contributed by atoms with van der Waals surface area (Å²) in [5.74, 6) is -0.836. The van der Waals surface area contributed by atoms with E-state index in [-0.39, 0.29) is 20.8 Å². The third-order valence-corrected chi connectivity index (χ3v) is 6.10. The van der Waals surface area contributed by atoms with Gasteiger partial charge in [0.05, 0.1) is 15.5 Å². The molecule has 0 aliphatic rings. The number of hydrogen-bond donors (Lipinski definition) is 2. The average Bonchev–Trinajstić information content (AvgIpc) is 3.16. The molecule has 0 spiro atoms. The number of oxazole rings is 1. The molecule has 0 fully saturated rings. The van der Waals surface area contributed by atoms with Gasteiger partial charge in [0.2, 0.25) is 26.6 Å². The second kappa shape index (κ2) is 9.25. The molecule has 1 aromatic heterocycles. The molecule has 0 amide bonds. The molecule has 0 aliphatic heterocycles. The number of anilines is 1. The van der Waals surface area contributed by atoms with E-state index in [1.807, 2.05) is 0 Å². The van der Waals surface area contributed by atoms with Gasteiger partial charge in [-0.1, -0.05) is 35.3 Å². The second-order valence-electron chi connectivity index (χ2n) is 5.52. The monoisotopic (exact) mass is 481 g/mol. The number of sulfone groups is 1. The van der Waals surface area contributed by atoms with E-state index in [2.05, 4.69) is 16.0 Å². The van der Waals surface area contributed by atoms with E-state index in [9.17, 15) is 21.6 Å². The molecular weight excluding hydrogens is 466 g/mol. The average molecular weight is 482 g/mol. The summed E-state index contributed by atoms with van der Waals surface area (Å²) in [5, 5.41) is 1.88. The number of aromatic nitrogens is 1. The minimum Gasteiger partial charge on any atom is -0.419 e. The summed E-state index contributed by atoms with van der Waals surface area (Å²) in [6.45, 7) is 0. The normalized spacial score (nSPS) is 11.6. The molecule has 0 bridgehead atoms. The molecule has 2 aromatic carbocycles. The summed E-state index contributed by atoms with van der Waals surface area (Å²) >= 11 is 11.8. The molecule has 0 radical (unpaired) electrons. The van der Waals surface area contributed by atoms with Crippen LogP contribution in [0, 0.1) is 0 Å². The molecular formula is C18H16Cl2F3N3O3S. The maximum absolute atomic E-state index is 13.3. The van der Waals surface area contributed by atoms with E-state index in [1.54, 1.807) is 0 Å². The van der Waals surface area contributed by atoms with Crippen molar-refractivity contribution in [3.8, 4) is 11.5 Å². The first-order valence-electron chi connectivity index (χ1n) is 8.18. The van der Waals surface area contributed by atoms with Crippen molar-refractivity contribution < 1.29 is 26.0 Å². The SMILES string of the molecule is CN.CNc1oc(-c2ccccc2C(F)(F)F)nc1S(=O)(=O)c1cc(Cl)ccc1Cl. The smallest absolute Gasteiger partial charge is 0.417 e. The largest absolute Gasteiger partial charge is 0.419 e. The lowest BCUT2D eigenvalue weighted by molar-refractivity contribution is -0.137. The summed E-state index contributed by atoms with van der Waals surface area (Å²) in [7, 11) is -1.49. The number of hydrogen-bond acceptors (Lipinski definition) is 6. The minimum absolute atomic E-state index is 0.111. The highest BCUT2D eigenvalue weighted by atomic mass is 35.5. The Morgan fingerprint density at radius 1 is 1.10 bits per heavy atom. The maximum atomic E-state index is 13.3. The first-order valence-corrected chi connectivity index (χ1v) is 10.4. The Morgan fingerprint density at radius 3 is 2.33 bits per heavy atom. The van der Waals surface area contributed by atoms with Crippen LogP contribution in [-0.2, 0) is 16.0 Å².